The second-order valence-corrected chi connectivity index (χ2v) is 1.79. The summed E-state index contributed by atoms with van der Waals surface area (Å²) >= 11 is 0. The van der Waals surface area contributed by atoms with E-state index in [1.165, 1.54) is 0 Å². The van der Waals surface area contributed by atoms with E-state index in [1.807, 2.05) is 6.07 Å². The van der Waals surface area contributed by atoms with E-state index >= 15 is 0 Å². The zero-order chi connectivity index (χ0) is 6.69. The maximum Gasteiger partial charge on any atom is 0.123 e. The zero-order valence-electron chi connectivity index (χ0n) is 4.96. The summed E-state index contributed by atoms with van der Waals surface area (Å²) in [5, 5.41) is 8.83. The highest BCUT2D eigenvalue weighted by Crippen LogP contribution is 2.08. The van der Waals surface area contributed by atoms with E-state index in [1.54, 1.807) is 12.1 Å². The first-order valence-electron chi connectivity index (χ1n) is 2.72. The Bertz CT molecular complexity index is 198. The summed E-state index contributed by atoms with van der Waals surface area (Å²) in [5.41, 5.74) is 6.22. The van der Waals surface area contributed by atoms with E-state index in [9.17, 15) is 0 Å². The van der Waals surface area contributed by atoms with Gasteiger partial charge >= 0.3 is 0 Å². The molecule has 0 aliphatic carbocycles. The number of rotatable bonds is 1. The molecule has 2 heteroatoms. The molecule has 9 heavy (non-hydrogen) atoms. The lowest BCUT2D eigenvalue weighted by Gasteiger charge is -1.94. The molecule has 0 aliphatic rings. The third-order valence-corrected chi connectivity index (χ3v) is 1.09. The largest absolute Gasteiger partial charge is 0.507 e. The van der Waals surface area contributed by atoms with Crippen molar-refractivity contribution in [1.82, 2.24) is 0 Å². The van der Waals surface area contributed by atoms with Crippen LogP contribution >= 0.6 is 0 Å². The summed E-state index contributed by atoms with van der Waals surface area (Å²) < 4.78 is 0. The Morgan fingerprint density at radius 1 is 1.67 bits per heavy atom. The van der Waals surface area contributed by atoms with Gasteiger partial charge in [0.2, 0.25) is 0 Å². The van der Waals surface area contributed by atoms with E-state index < -0.39 is 0 Å². The first-order valence-corrected chi connectivity index (χ1v) is 2.72. The van der Waals surface area contributed by atoms with Gasteiger partial charge in [-0.15, -0.1) is 0 Å². The summed E-state index contributed by atoms with van der Waals surface area (Å²) in [6, 6.07) is 7.67. The fraction of sp³-hybridized carbons (Fsp3) is 0.143. The number of benzene rings is 1. The first-order chi connectivity index (χ1) is 4.33. The lowest BCUT2D eigenvalue weighted by Crippen LogP contribution is -1.94. The Kier molecular flexibility index (Phi) is 1.70. The molecular weight excluding hydrogens is 114 g/mol. The molecular formula is C7H8NO. The average Bonchev–Trinajstić information content (AvgIpc) is 1.88. The molecule has 0 spiro atoms. The van der Waals surface area contributed by atoms with Crippen molar-refractivity contribution in [2.24, 2.45) is 5.73 Å². The Balaban J connectivity index is 2.94. The van der Waals surface area contributed by atoms with Crippen molar-refractivity contribution in [3.05, 3.63) is 29.8 Å². The maximum atomic E-state index is 8.83. The molecule has 1 aromatic carbocycles. The van der Waals surface area contributed by atoms with Crippen LogP contribution in [-0.4, -0.2) is 5.11 Å². The Morgan fingerprint density at radius 2 is 2.44 bits per heavy atom. The van der Waals surface area contributed by atoms with Crippen LogP contribution in [0, 0.1) is 6.07 Å². The average molecular weight is 122 g/mol. The van der Waals surface area contributed by atoms with Gasteiger partial charge in [-0.1, -0.05) is 12.1 Å². The van der Waals surface area contributed by atoms with E-state index in [0.717, 1.165) is 5.56 Å². The fourth-order valence-electron chi connectivity index (χ4n) is 0.626. The predicted octanol–water partition coefficient (Wildman–Crippen LogP) is 0.651. The standard InChI is InChI=1S/C7H8NO/c8-5-6-2-1-3-7(9)4-6/h1-2,4,9H,5,8H2. The van der Waals surface area contributed by atoms with Gasteiger partial charge in [0.05, 0.1) is 0 Å². The summed E-state index contributed by atoms with van der Waals surface area (Å²) in [4.78, 5) is 0. The summed E-state index contributed by atoms with van der Waals surface area (Å²) in [6.45, 7) is 0.461. The summed E-state index contributed by atoms with van der Waals surface area (Å²) in [7, 11) is 0. The van der Waals surface area contributed by atoms with Gasteiger partial charge in [-0.05, 0) is 11.6 Å². The quantitative estimate of drug-likeness (QED) is 0.574. The molecule has 0 saturated carbocycles. The molecule has 0 fully saturated rings. The van der Waals surface area contributed by atoms with Crippen molar-refractivity contribution in [3.8, 4) is 5.75 Å². The van der Waals surface area contributed by atoms with Crippen LogP contribution in [0.15, 0.2) is 18.2 Å². The molecule has 0 atom stereocenters. The highest BCUT2D eigenvalue weighted by Gasteiger charge is 1.88. The summed E-state index contributed by atoms with van der Waals surface area (Å²) in [5.74, 6) is 0.151. The molecule has 1 radical (unpaired) electrons. The Morgan fingerprint density at radius 3 is 2.89 bits per heavy atom. The van der Waals surface area contributed by atoms with Gasteiger partial charge < -0.3 is 10.8 Å². The molecule has 47 valence electrons. The van der Waals surface area contributed by atoms with Crippen LogP contribution in [0.25, 0.3) is 0 Å². The van der Waals surface area contributed by atoms with Crippen molar-refractivity contribution in [3.63, 3.8) is 0 Å². The number of phenols is 1. The van der Waals surface area contributed by atoms with E-state index in [0.29, 0.717) is 6.54 Å². The minimum atomic E-state index is 0.151. The van der Waals surface area contributed by atoms with Crippen molar-refractivity contribution in [2.75, 3.05) is 0 Å². The van der Waals surface area contributed by atoms with Crippen molar-refractivity contribution < 1.29 is 5.11 Å². The fourth-order valence-corrected chi connectivity index (χ4v) is 0.626. The van der Waals surface area contributed by atoms with Crippen LogP contribution < -0.4 is 5.73 Å². The van der Waals surface area contributed by atoms with E-state index in [4.69, 9.17) is 10.8 Å². The van der Waals surface area contributed by atoms with Gasteiger partial charge in [0.25, 0.3) is 0 Å². The lowest BCUT2D eigenvalue weighted by molar-refractivity contribution is 0.473. The SMILES string of the molecule is NCc1cc[c]c(O)c1. The van der Waals surface area contributed by atoms with Crippen LogP contribution in [0.5, 0.6) is 5.75 Å². The smallest absolute Gasteiger partial charge is 0.123 e. The van der Waals surface area contributed by atoms with Crippen LogP contribution in [0.3, 0.4) is 0 Å². The molecule has 0 aliphatic heterocycles. The van der Waals surface area contributed by atoms with E-state index in [2.05, 4.69) is 6.07 Å². The monoisotopic (exact) mass is 122 g/mol. The third kappa shape index (κ3) is 1.44. The van der Waals surface area contributed by atoms with Gasteiger partial charge in [0.15, 0.2) is 0 Å². The third-order valence-electron chi connectivity index (χ3n) is 1.09. The van der Waals surface area contributed by atoms with Gasteiger partial charge in [-0.25, -0.2) is 0 Å². The van der Waals surface area contributed by atoms with Crippen molar-refractivity contribution in [1.29, 1.82) is 0 Å². The van der Waals surface area contributed by atoms with Gasteiger partial charge in [0.1, 0.15) is 5.75 Å². The maximum absolute atomic E-state index is 8.83. The molecule has 0 saturated heterocycles. The molecule has 0 bridgehead atoms. The van der Waals surface area contributed by atoms with Crippen LogP contribution in [0.4, 0.5) is 0 Å². The van der Waals surface area contributed by atoms with Crippen molar-refractivity contribution >= 4 is 0 Å². The van der Waals surface area contributed by atoms with Crippen LogP contribution in [0.1, 0.15) is 5.56 Å². The topological polar surface area (TPSA) is 46.2 Å². The Labute approximate surface area is 53.9 Å². The predicted molar refractivity (Wildman–Crippen MR) is 34.8 cm³/mol. The second kappa shape index (κ2) is 2.51. The molecule has 1 aromatic rings. The van der Waals surface area contributed by atoms with Gasteiger partial charge in [-0.3, -0.25) is 0 Å². The lowest BCUT2D eigenvalue weighted by atomic mass is 10.2. The van der Waals surface area contributed by atoms with Crippen molar-refractivity contribution in [2.45, 2.75) is 6.54 Å². The number of aromatic hydroxyl groups is 1. The Hall–Kier alpha value is -1.02. The van der Waals surface area contributed by atoms with Gasteiger partial charge in [0, 0.05) is 12.6 Å². The molecule has 0 heterocycles. The van der Waals surface area contributed by atoms with Crippen LogP contribution in [0.2, 0.25) is 0 Å². The first kappa shape index (κ1) is 6.11. The second-order valence-electron chi connectivity index (χ2n) is 1.79. The van der Waals surface area contributed by atoms with Crippen LogP contribution in [-0.2, 0) is 6.54 Å². The minimum absolute atomic E-state index is 0.151. The summed E-state index contributed by atoms with van der Waals surface area (Å²) in [6.07, 6.45) is 0. The normalized spacial score (nSPS) is 9.44. The zero-order valence-corrected chi connectivity index (χ0v) is 4.96. The molecule has 3 N–H and O–H groups in total. The highest BCUT2D eigenvalue weighted by molar-refractivity contribution is 5.25. The molecule has 1 rings (SSSR count). The number of hydrogen-bond donors (Lipinski definition) is 2. The van der Waals surface area contributed by atoms with E-state index in [-0.39, 0.29) is 5.75 Å². The molecule has 0 amide bonds. The molecule has 0 aromatic heterocycles. The number of hydrogen-bond acceptors (Lipinski definition) is 2. The number of phenolic OH excluding ortho intramolecular Hbond substituents is 1. The molecule has 2 nitrogen and oxygen atoms in total. The van der Waals surface area contributed by atoms with Gasteiger partial charge in [-0.2, -0.15) is 0 Å². The minimum Gasteiger partial charge on any atom is -0.507 e. The highest BCUT2D eigenvalue weighted by atomic mass is 16.3. The molecule has 0 unspecified atom stereocenters. The number of nitrogens with two attached hydrogens (primary N) is 1.